The largest absolute Gasteiger partial charge is 0.489 e. The Morgan fingerprint density at radius 1 is 1.00 bits per heavy atom. The van der Waals surface area contributed by atoms with Crippen LogP contribution < -0.4 is 15.4 Å². The highest BCUT2D eigenvalue weighted by Gasteiger charge is 2.04. The SMILES string of the molecule is CCNC(=NCC(=O)N(C)C)NCCc1ccc(OCc2ccccc2)cc1.I. The maximum atomic E-state index is 11.7. The number of hydrogen-bond acceptors (Lipinski definition) is 3. The van der Waals surface area contributed by atoms with Crippen molar-refractivity contribution >= 4 is 35.8 Å². The number of rotatable bonds is 9. The number of aliphatic imine (C=N–C) groups is 1. The van der Waals surface area contributed by atoms with Gasteiger partial charge in [-0.15, -0.1) is 24.0 Å². The van der Waals surface area contributed by atoms with Gasteiger partial charge in [-0.25, -0.2) is 4.99 Å². The van der Waals surface area contributed by atoms with Crippen LogP contribution in [-0.4, -0.2) is 50.5 Å². The van der Waals surface area contributed by atoms with E-state index in [2.05, 4.69) is 39.9 Å². The molecule has 0 saturated carbocycles. The van der Waals surface area contributed by atoms with Gasteiger partial charge < -0.3 is 20.3 Å². The summed E-state index contributed by atoms with van der Waals surface area (Å²) in [4.78, 5) is 17.5. The number of hydrogen-bond donors (Lipinski definition) is 2. The van der Waals surface area contributed by atoms with Gasteiger partial charge in [0.15, 0.2) is 5.96 Å². The molecule has 0 bridgehead atoms. The Kier molecular flexibility index (Phi) is 11.8. The Balaban J connectivity index is 0.00000420. The van der Waals surface area contributed by atoms with E-state index in [1.54, 1.807) is 14.1 Å². The van der Waals surface area contributed by atoms with Crippen LogP contribution in [0.15, 0.2) is 59.6 Å². The third-order valence-electron chi connectivity index (χ3n) is 4.09. The lowest BCUT2D eigenvalue weighted by Gasteiger charge is -2.13. The predicted molar refractivity (Wildman–Crippen MR) is 129 cm³/mol. The molecule has 0 spiro atoms. The van der Waals surface area contributed by atoms with Gasteiger partial charge in [0.1, 0.15) is 18.9 Å². The highest BCUT2D eigenvalue weighted by molar-refractivity contribution is 14.0. The molecule has 7 heteroatoms. The molecule has 1 amide bonds. The molecule has 0 radical (unpaired) electrons. The Labute approximate surface area is 190 Å². The zero-order chi connectivity index (χ0) is 20.2. The van der Waals surface area contributed by atoms with Gasteiger partial charge >= 0.3 is 0 Å². The van der Waals surface area contributed by atoms with E-state index >= 15 is 0 Å². The summed E-state index contributed by atoms with van der Waals surface area (Å²) in [6.45, 7) is 4.17. The van der Waals surface area contributed by atoms with Crippen LogP contribution in [-0.2, 0) is 17.8 Å². The quantitative estimate of drug-likeness (QED) is 0.309. The smallest absolute Gasteiger partial charge is 0.243 e. The molecule has 2 aromatic rings. The fourth-order valence-electron chi connectivity index (χ4n) is 2.45. The summed E-state index contributed by atoms with van der Waals surface area (Å²) >= 11 is 0. The summed E-state index contributed by atoms with van der Waals surface area (Å²) in [5, 5.41) is 6.41. The molecule has 2 aromatic carbocycles. The fraction of sp³-hybridized carbons (Fsp3) is 0.364. The molecule has 29 heavy (non-hydrogen) atoms. The lowest BCUT2D eigenvalue weighted by atomic mass is 10.1. The van der Waals surface area contributed by atoms with E-state index in [0.29, 0.717) is 12.6 Å². The van der Waals surface area contributed by atoms with Gasteiger partial charge in [-0.2, -0.15) is 0 Å². The number of guanidine groups is 1. The van der Waals surface area contributed by atoms with Gasteiger partial charge in [-0.3, -0.25) is 4.79 Å². The van der Waals surface area contributed by atoms with Crippen molar-refractivity contribution < 1.29 is 9.53 Å². The van der Waals surface area contributed by atoms with Crippen molar-refractivity contribution in [1.29, 1.82) is 0 Å². The lowest BCUT2D eigenvalue weighted by Crippen LogP contribution is -2.39. The van der Waals surface area contributed by atoms with Crippen LogP contribution in [0.25, 0.3) is 0 Å². The Bertz CT molecular complexity index is 749. The Hall–Kier alpha value is -2.29. The van der Waals surface area contributed by atoms with Crippen molar-refractivity contribution in [1.82, 2.24) is 15.5 Å². The summed E-state index contributed by atoms with van der Waals surface area (Å²) in [6, 6.07) is 18.3. The second kappa shape index (κ2) is 13.8. The van der Waals surface area contributed by atoms with Gasteiger partial charge in [0.25, 0.3) is 0 Å². The van der Waals surface area contributed by atoms with Gasteiger partial charge in [0.2, 0.25) is 5.91 Å². The van der Waals surface area contributed by atoms with Gasteiger partial charge in [0.05, 0.1) is 0 Å². The van der Waals surface area contributed by atoms with E-state index in [1.165, 1.54) is 10.5 Å². The van der Waals surface area contributed by atoms with Crippen LogP contribution in [0.5, 0.6) is 5.75 Å². The maximum absolute atomic E-state index is 11.7. The molecular formula is C22H31IN4O2. The molecule has 2 rings (SSSR count). The van der Waals surface area contributed by atoms with Gasteiger partial charge in [-0.1, -0.05) is 42.5 Å². The molecular weight excluding hydrogens is 479 g/mol. The van der Waals surface area contributed by atoms with Crippen molar-refractivity contribution in [2.45, 2.75) is 20.0 Å². The Morgan fingerprint density at radius 3 is 2.31 bits per heavy atom. The highest BCUT2D eigenvalue weighted by Crippen LogP contribution is 2.14. The first-order chi connectivity index (χ1) is 13.6. The van der Waals surface area contributed by atoms with Crippen molar-refractivity contribution in [2.24, 2.45) is 4.99 Å². The van der Waals surface area contributed by atoms with Crippen LogP contribution in [0.4, 0.5) is 0 Å². The third kappa shape index (κ3) is 9.65. The van der Waals surface area contributed by atoms with Crippen molar-refractivity contribution in [3.63, 3.8) is 0 Å². The first kappa shape index (κ1) is 24.7. The number of ether oxygens (including phenoxy) is 1. The fourth-order valence-corrected chi connectivity index (χ4v) is 2.45. The second-order valence-electron chi connectivity index (χ2n) is 6.58. The zero-order valence-corrected chi connectivity index (χ0v) is 19.7. The van der Waals surface area contributed by atoms with E-state index in [0.717, 1.165) is 30.8 Å². The van der Waals surface area contributed by atoms with Crippen LogP contribution >= 0.6 is 24.0 Å². The van der Waals surface area contributed by atoms with E-state index < -0.39 is 0 Å². The van der Waals surface area contributed by atoms with E-state index in [4.69, 9.17) is 4.74 Å². The molecule has 158 valence electrons. The van der Waals surface area contributed by atoms with Gasteiger partial charge in [-0.05, 0) is 36.6 Å². The first-order valence-corrected chi connectivity index (χ1v) is 9.56. The molecule has 0 aromatic heterocycles. The minimum absolute atomic E-state index is 0. The monoisotopic (exact) mass is 510 g/mol. The van der Waals surface area contributed by atoms with E-state index in [1.807, 2.05) is 37.3 Å². The number of halogens is 1. The van der Waals surface area contributed by atoms with Crippen molar-refractivity contribution in [2.75, 3.05) is 33.7 Å². The molecule has 6 nitrogen and oxygen atoms in total. The summed E-state index contributed by atoms with van der Waals surface area (Å²) in [7, 11) is 3.46. The second-order valence-corrected chi connectivity index (χ2v) is 6.58. The third-order valence-corrected chi connectivity index (χ3v) is 4.09. The van der Waals surface area contributed by atoms with Crippen molar-refractivity contribution in [3.05, 3.63) is 65.7 Å². The van der Waals surface area contributed by atoms with E-state index in [9.17, 15) is 4.79 Å². The molecule has 0 saturated heterocycles. The predicted octanol–water partition coefficient (Wildman–Crippen LogP) is 3.07. The number of nitrogens with one attached hydrogen (secondary N) is 2. The number of carbonyl (C=O) groups excluding carboxylic acids is 1. The molecule has 0 aliphatic heterocycles. The first-order valence-electron chi connectivity index (χ1n) is 9.56. The normalized spacial score (nSPS) is 10.7. The highest BCUT2D eigenvalue weighted by atomic mass is 127. The number of benzene rings is 2. The van der Waals surface area contributed by atoms with E-state index in [-0.39, 0.29) is 36.4 Å². The van der Waals surface area contributed by atoms with Crippen molar-refractivity contribution in [3.8, 4) is 5.75 Å². The number of nitrogens with zero attached hydrogens (tertiary/aromatic N) is 2. The number of amides is 1. The average Bonchev–Trinajstić information content (AvgIpc) is 2.71. The number of likely N-dealkylation sites (N-methyl/N-ethyl adjacent to an activating group) is 1. The topological polar surface area (TPSA) is 66.0 Å². The summed E-state index contributed by atoms with van der Waals surface area (Å²) in [5.41, 5.74) is 2.36. The maximum Gasteiger partial charge on any atom is 0.243 e. The molecule has 0 fully saturated rings. The lowest BCUT2D eigenvalue weighted by molar-refractivity contribution is -0.127. The molecule has 0 aliphatic rings. The Morgan fingerprint density at radius 2 is 1.69 bits per heavy atom. The molecule has 2 N–H and O–H groups in total. The standard InChI is InChI=1S/C22H30N4O2.HI/c1-4-23-22(25-16-21(27)26(2)3)24-15-14-18-10-12-20(13-11-18)28-17-19-8-6-5-7-9-19;/h5-13H,4,14-17H2,1-3H3,(H2,23,24,25);1H. The average molecular weight is 510 g/mol. The van der Waals surface area contributed by atoms with Crippen LogP contribution in [0.3, 0.4) is 0 Å². The van der Waals surface area contributed by atoms with Crippen LogP contribution in [0, 0.1) is 0 Å². The van der Waals surface area contributed by atoms with Gasteiger partial charge in [0, 0.05) is 27.2 Å². The minimum atomic E-state index is -0.0247. The molecule has 0 atom stereocenters. The minimum Gasteiger partial charge on any atom is -0.489 e. The number of carbonyl (C=O) groups is 1. The molecule has 0 aliphatic carbocycles. The molecule has 0 heterocycles. The van der Waals surface area contributed by atoms with Crippen LogP contribution in [0.2, 0.25) is 0 Å². The summed E-state index contributed by atoms with van der Waals surface area (Å²) in [6.07, 6.45) is 0.852. The summed E-state index contributed by atoms with van der Waals surface area (Å²) in [5.74, 6) is 1.49. The zero-order valence-electron chi connectivity index (χ0n) is 17.4. The molecule has 0 unspecified atom stereocenters. The summed E-state index contributed by atoms with van der Waals surface area (Å²) < 4.78 is 5.81. The van der Waals surface area contributed by atoms with Crippen LogP contribution in [0.1, 0.15) is 18.1 Å².